The first kappa shape index (κ1) is 10.6. The first-order chi connectivity index (χ1) is 8.66. The predicted octanol–water partition coefficient (Wildman–Crippen LogP) is 0.388. The minimum atomic E-state index is -0.388. The largest absolute Gasteiger partial charge is 0.292 e. The number of imide groups is 1. The number of carbonyl (C=O) groups is 2. The second kappa shape index (κ2) is 3.76. The summed E-state index contributed by atoms with van der Waals surface area (Å²) in [5, 5.41) is 6.58. The van der Waals surface area contributed by atoms with E-state index < -0.39 is 0 Å². The van der Waals surface area contributed by atoms with E-state index in [4.69, 9.17) is 0 Å². The van der Waals surface area contributed by atoms with Crippen LogP contribution in [0.2, 0.25) is 0 Å². The topological polar surface area (TPSA) is 76.9 Å². The first-order valence-corrected chi connectivity index (χ1v) is 5.51. The third kappa shape index (κ3) is 1.50. The van der Waals surface area contributed by atoms with E-state index in [1.54, 1.807) is 29.9 Å². The molecule has 90 valence electrons. The van der Waals surface area contributed by atoms with Gasteiger partial charge >= 0.3 is 0 Å². The van der Waals surface area contributed by atoms with E-state index in [1.807, 2.05) is 6.07 Å². The summed E-state index contributed by atoms with van der Waals surface area (Å²) in [6.07, 6.45) is 1.78. The Kier molecular flexibility index (Phi) is 2.22. The molecule has 0 atom stereocenters. The number of hydrogen-bond acceptors (Lipinski definition) is 4. The monoisotopic (exact) mass is 242 g/mol. The average molecular weight is 242 g/mol. The van der Waals surface area contributed by atoms with E-state index in [-0.39, 0.29) is 18.2 Å². The van der Waals surface area contributed by atoms with Crippen molar-refractivity contribution in [1.82, 2.24) is 20.1 Å². The molecule has 0 aliphatic carbocycles. The predicted molar refractivity (Wildman–Crippen MR) is 62.3 cm³/mol. The van der Waals surface area contributed by atoms with E-state index in [9.17, 15) is 9.59 Å². The maximum Gasteiger partial charge on any atom is 0.261 e. The van der Waals surface area contributed by atoms with E-state index in [2.05, 4.69) is 15.4 Å². The van der Waals surface area contributed by atoms with Crippen LogP contribution in [0, 0.1) is 6.92 Å². The average Bonchev–Trinajstić information content (AvgIpc) is 2.67. The van der Waals surface area contributed by atoms with Crippen LogP contribution in [0.4, 0.5) is 0 Å². The Labute approximate surface area is 103 Å². The molecule has 0 unspecified atom stereocenters. The molecule has 0 saturated carbocycles. The molecular weight excluding hydrogens is 232 g/mol. The van der Waals surface area contributed by atoms with Gasteiger partial charge in [0.25, 0.3) is 5.91 Å². The lowest BCUT2D eigenvalue weighted by molar-refractivity contribution is -0.119. The molecule has 0 aromatic carbocycles. The Hall–Kier alpha value is -2.50. The van der Waals surface area contributed by atoms with Gasteiger partial charge < -0.3 is 0 Å². The quantitative estimate of drug-likeness (QED) is 0.734. The van der Waals surface area contributed by atoms with E-state index >= 15 is 0 Å². The van der Waals surface area contributed by atoms with Crippen LogP contribution in [0.5, 0.6) is 0 Å². The van der Waals surface area contributed by atoms with Crippen molar-refractivity contribution in [3.05, 3.63) is 41.3 Å². The van der Waals surface area contributed by atoms with Gasteiger partial charge in [0, 0.05) is 6.20 Å². The number of carbonyl (C=O) groups excluding carboxylic acids is 2. The third-order valence-electron chi connectivity index (χ3n) is 2.86. The zero-order valence-electron chi connectivity index (χ0n) is 9.67. The van der Waals surface area contributed by atoms with Gasteiger partial charge in [-0.05, 0) is 19.1 Å². The summed E-state index contributed by atoms with van der Waals surface area (Å²) in [6, 6.07) is 5.44. The van der Waals surface area contributed by atoms with Gasteiger partial charge in [0.1, 0.15) is 0 Å². The highest BCUT2D eigenvalue weighted by molar-refractivity contribution is 6.10. The van der Waals surface area contributed by atoms with Gasteiger partial charge in [0.2, 0.25) is 5.91 Å². The van der Waals surface area contributed by atoms with Crippen molar-refractivity contribution in [3.63, 3.8) is 0 Å². The normalized spacial score (nSPS) is 14.3. The molecule has 6 heteroatoms. The van der Waals surface area contributed by atoms with E-state index in [0.29, 0.717) is 22.8 Å². The highest BCUT2D eigenvalue weighted by Gasteiger charge is 2.29. The summed E-state index contributed by atoms with van der Waals surface area (Å²) in [7, 11) is 0. The van der Waals surface area contributed by atoms with Crippen LogP contribution in [0.3, 0.4) is 0 Å². The molecule has 0 fully saturated rings. The second-order valence-electron chi connectivity index (χ2n) is 4.06. The lowest BCUT2D eigenvalue weighted by Crippen LogP contribution is -2.37. The molecule has 3 heterocycles. The number of amides is 2. The number of aromatic nitrogens is 3. The molecule has 1 aliphatic heterocycles. The maximum absolute atomic E-state index is 11.8. The van der Waals surface area contributed by atoms with Crippen molar-refractivity contribution in [3.8, 4) is 5.82 Å². The van der Waals surface area contributed by atoms with Crippen LogP contribution in [0.15, 0.2) is 24.4 Å². The number of nitrogens with one attached hydrogen (secondary N) is 1. The van der Waals surface area contributed by atoms with Crippen molar-refractivity contribution in [1.29, 1.82) is 0 Å². The van der Waals surface area contributed by atoms with Gasteiger partial charge in [-0.1, -0.05) is 6.07 Å². The highest BCUT2D eigenvalue weighted by atomic mass is 16.2. The first-order valence-electron chi connectivity index (χ1n) is 5.51. The Balaban J connectivity index is 2.18. The fourth-order valence-electron chi connectivity index (χ4n) is 2.07. The number of pyridine rings is 1. The second-order valence-corrected chi connectivity index (χ2v) is 4.06. The van der Waals surface area contributed by atoms with Gasteiger partial charge in [-0.25, -0.2) is 9.67 Å². The Bertz CT molecular complexity index is 646. The van der Waals surface area contributed by atoms with E-state index in [1.165, 1.54) is 0 Å². The van der Waals surface area contributed by atoms with Gasteiger partial charge in [0.15, 0.2) is 5.82 Å². The fraction of sp³-hybridized carbons (Fsp3) is 0.167. The van der Waals surface area contributed by atoms with Crippen molar-refractivity contribution in [2.24, 2.45) is 0 Å². The van der Waals surface area contributed by atoms with Gasteiger partial charge in [-0.15, -0.1) is 0 Å². The Morgan fingerprint density at radius 3 is 2.89 bits per heavy atom. The van der Waals surface area contributed by atoms with Crippen molar-refractivity contribution >= 4 is 11.8 Å². The smallest absolute Gasteiger partial charge is 0.261 e. The highest BCUT2D eigenvalue weighted by Crippen LogP contribution is 2.20. The van der Waals surface area contributed by atoms with Crippen LogP contribution < -0.4 is 5.32 Å². The Morgan fingerprint density at radius 1 is 1.33 bits per heavy atom. The summed E-state index contributed by atoms with van der Waals surface area (Å²) in [4.78, 5) is 27.2. The molecule has 18 heavy (non-hydrogen) atoms. The molecule has 1 N–H and O–H groups in total. The minimum absolute atomic E-state index is 0.127. The van der Waals surface area contributed by atoms with Gasteiger partial charge in [-0.2, -0.15) is 5.10 Å². The SMILES string of the molecule is Cc1c2c(nn1-c1ccccn1)CC(=O)NC2=O. The molecule has 0 saturated heterocycles. The molecule has 1 aliphatic rings. The van der Waals surface area contributed by atoms with Crippen LogP contribution in [0.25, 0.3) is 5.82 Å². The standard InChI is InChI=1S/C12H10N4O2/c1-7-11-8(6-10(17)14-12(11)18)15-16(7)9-4-2-3-5-13-9/h2-5H,6H2,1H3,(H,14,17,18). The Morgan fingerprint density at radius 2 is 2.17 bits per heavy atom. The van der Waals surface area contributed by atoms with Crippen LogP contribution in [-0.4, -0.2) is 26.6 Å². The molecule has 6 nitrogen and oxygen atoms in total. The minimum Gasteiger partial charge on any atom is -0.292 e. The molecule has 0 spiro atoms. The summed E-state index contributed by atoms with van der Waals surface area (Å²) in [5.74, 6) is -0.0799. The molecule has 3 rings (SSSR count). The summed E-state index contributed by atoms with van der Waals surface area (Å²) < 4.78 is 1.59. The van der Waals surface area contributed by atoms with Crippen LogP contribution in [0.1, 0.15) is 21.7 Å². The third-order valence-corrected chi connectivity index (χ3v) is 2.86. The van der Waals surface area contributed by atoms with Crippen LogP contribution >= 0.6 is 0 Å². The fourth-order valence-corrected chi connectivity index (χ4v) is 2.07. The number of rotatable bonds is 1. The molecule has 0 bridgehead atoms. The zero-order chi connectivity index (χ0) is 12.7. The summed E-state index contributed by atoms with van der Waals surface area (Å²) in [6.45, 7) is 1.79. The summed E-state index contributed by atoms with van der Waals surface area (Å²) >= 11 is 0. The number of hydrogen-bond donors (Lipinski definition) is 1. The lowest BCUT2D eigenvalue weighted by Gasteiger charge is -2.09. The van der Waals surface area contributed by atoms with Gasteiger partial charge in [-0.3, -0.25) is 14.9 Å². The van der Waals surface area contributed by atoms with Crippen LogP contribution in [-0.2, 0) is 11.2 Å². The van der Waals surface area contributed by atoms with Crippen molar-refractivity contribution in [2.75, 3.05) is 0 Å². The molecular formula is C12H10N4O2. The molecule has 2 aromatic heterocycles. The molecule has 2 aromatic rings. The van der Waals surface area contributed by atoms with E-state index in [0.717, 1.165) is 0 Å². The maximum atomic E-state index is 11.8. The number of fused-ring (bicyclic) bond motifs is 1. The van der Waals surface area contributed by atoms with Crippen molar-refractivity contribution < 1.29 is 9.59 Å². The molecule has 0 radical (unpaired) electrons. The van der Waals surface area contributed by atoms with Gasteiger partial charge in [0.05, 0.1) is 23.4 Å². The lowest BCUT2D eigenvalue weighted by atomic mass is 10.1. The summed E-state index contributed by atoms with van der Waals surface area (Å²) in [5.41, 5.74) is 1.67. The zero-order valence-corrected chi connectivity index (χ0v) is 9.67. The molecule has 2 amide bonds. The van der Waals surface area contributed by atoms with Crippen molar-refractivity contribution in [2.45, 2.75) is 13.3 Å². The number of nitrogens with zero attached hydrogens (tertiary/aromatic N) is 3.